The molecule has 0 fully saturated rings. The number of nitrogens with zero attached hydrogens (tertiary/aromatic N) is 3. The number of methoxy groups -OCH3 is 2. The molecule has 1 N–H and O–H groups in total. The van der Waals surface area contributed by atoms with Crippen LogP contribution in [0.5, 0.6) is 0 Å². The number of hydrogen-bond acceptors (Lipinski definition) is 5. The first-order chi connectivity index (χ1) is 8.20. The topological polar surface area (TPSA) is 86.5 Å². The average molecular weight is 243 g/mol. The van der Waals surface area contributed by atoms with Crippen molar-refractivity contribution in [2.24, 2.45) is 0 Å². The highest BCUT2D eigenvalue weighted by molar-refractivity contribution is 5.86. The minimum absolute atomic E-state index is 0.0430. The van der Waals surface area contributed by atoms with Crippen LogP contribution in [-0.4, -0.2) is 46.9 Å². The van der Waals surface area contributed by atoms with E-state index in [9.17, 15) is 4.79 Å². The highest BCUT2D eigenvalue weighted by Gasteiger charge is 2.18. The van der Waals surface area contributed by atoms with Gasteiger partial charge in [0, 0.05) is 27.4 Å². The van der Waals surface area contributed by atoms with Crippen LogP contribution in [0.3, 0.4) is 0 Å². The van der Waals surface area contributed by atoms with E-state index in [-0.39, 0.29) is 12.3 Å². The van der Waals surface area contributed by atoms with Gasteiger partial charge in [0.15, 0.2) is 5.69 Å². The number of aromatic carboxylic acids is 1. The van der Waals surface area contributed by atoms with Crippen LogP contribution >= 0.6 is 0 Å². The molecule has 0 radical (unpaired) electrons. The van der Waals surface area contributed by atoms with Crippen molar-refractivity contribution >= 4 is 5.97 Å². The molecule has 0 atom stereocenters. The van der Waals surface area contributed by atoms with Crippen molar-refractivity contribution in [1.29, 1.82) is 0 Å². The van der Waals surface area contributed by atoms with E-state index in [1.807, 2.05) is 0 Å². The van der Waals surface area contributed by atoms with Crippen molar-refractivity contribution in [2.75, 3.05) is 20.8 Å². The van der Waals surface area contributed by atoms with Crippen LogP contribution < -0.4 is 0 Å². The van der Waals surface area contributed by atoms with E-state index in [1.54, 1.807) is 11.8 Å². The Hall–Kier alpha value is -1.47. The number of carbonyl (C=O) groups is 1. The van der Waals surface area contributed by atoms with Gasteiger partial charge < -0.3 is 14.6 Å². The van der Waals surface area contributed by atoms with E-state index in [0.717, 1.165) is 12.8 Å². The summed E-state index contributed by atoms with van der Waals surface area (Å²) in [6.07, 6.45) is 1.75. The standard InChI is InChI=1S/C10H17N3O4/c1-16-6-4-3-5-13-8(7-17-2)9(10(14)15)11-12-13/h3-7H2,1-2H3,(H,14,15). The number of unbranched alkanes of at least 4 members (excludes halogenated alkanes) is 1. The highest BCUT2D eigenvalue weighted by atomic mass is 16.5. The van der Waals surface area contributed by atoms with E-state index >= 15 is 0 Å². The maximum Gasteiger partial charge on any atom is 0.358 e. The largest absolute Gasteiger partial charge is 0.476 e. The van der Waals surface area contributed by atoms with Crippen molar-refractivity contribution in [3.63, 3.8) is 0 Å². The minimum Gasteiger partial charge on any atom is -0.476 e. The summed E-state index contributed by atoms with van der Waals surface area (Å²) in [7, 11) is 3.16. The third-order valence-electron chi connectivity index (χ3n) is 2.29. The lowest BCUT2D eigenvalue weighted by Gasteiger charge is -2.05. The first-order valence-electron chi connectivity index (χ1n) is 5.34. The first kappa shape index (κ1) is 13.6. The molecule has 1 heterocycles. The van der Waals surface area contributed by atoms with Gasteiger partial charge in [-0.1, -0.05) is 5.21 Å². The SMILES string of the molecule is COCCCCn1nnc(C(=O)O)c1COC. The van der Waals surface area contributed by atoms with Gasteiger partial charge in [-0.3, -0.25) is 0 Å². The fraction of sp³-hybridized carbons (Fsp3) is 0.700. The van der Waals surface area contributed by atoms with Gasteiger partial charge in [0.1, 0.15) is 0 Å². The molecule has 0 amide bonds. The normalized spacial score (nSPS) is 10.7. The summed E-state index contributed by atoms with van der Waals surface area (Å²) in [6, 6.07) is 0. The monoisotopic (exact) mass is 243 g/mol. The molecule has 7 heteroatoms. The maximum atomic E-state index is 10.9. The minimum atomic E-state index is -1.08. The van der Waals surface area contributed by atoms with Crippen molar-refractivity contribution < 1.29 is 19.4 Å². The predicted octanol–water partition coefficient (Wildman–Crippen LogP) is 0.549. The zero-order valence-electron chi connectivity index (χ0n) is 10.0. The van der Waals surface area contributed by atoms with Crippen molar-refractivity contribution in [1.82, 2.24) is 15.0 Å². The molecule has 0 saturated heterocycles. The van der Waals surface area contributed by atoms with E-state index < -0.39 is 5.97 Å². The lowest BCUT2D eigenvalue weighted by atomic mass is 10.3. The smallest absolute Gasteiger partial charge is 0.358 e. The van der Waals surface area contributed by atoms with Gasteiger partial charge in [-0.05, 0) is 12.8 Å². The van der Waals surface area contributed by atoms with Gasteiger partial charge in [-0.25, -0.2) is 9.48 Å². The molecule has 0 saturated carbocycles. The van der Waals surface area contributed by atoms with Crippen molar-refractivity contribution in [2.45, 2.75) is 26.0 Å². The maximum absolute atomic E-state index is 10.9. The molecule has 0 aliphatic rings. The summed E-state index contributed by atoms with van der Waals surface area (Å²) >= 11 is 0. The molecule has 0 aliphatic heterocycles. The van der Waals surface area contributed by atoms with E-state index in [1.165, 1.54) is 7.11 Å². The molecule has 1 aromatic heterocycles. The molecule has 7 nitrogen and oxygen atoms in total. The molecule has 0 aliphatic carbocycles. The lowest BCUT2D eigenvalue weighted by molar-refractivity contribution is 0.0684. The van der Waals surface area contributed by atoms with Crippen LogP contribution in [0.2, 0.25) is 0 Å². The van der Waals surface area contributed by atoms with Crippen LogP contribution in [0.4, 0.5) is 0 Å². The van der Waals surface area contributed by atoms with Gasteiger partial charge in [-0.2, -0.15) is 0 Å². The number of aryl methyl sites for hydroxylation is 1. The summed E-state index contributed by atoms with van der Waals surface area (Å²) in [5, 5.41) is 16.4. The number of ether oxygens (including phenoxy) is 2. The molecule has 0 spiro atoms. The number of carboxylic acids is 1. The number of hydrogen-bond donors (Lipinski definition) is 1. The van der Waals surface area contributed by atoms with Crippen molar-refractivity contribution in [3.8, 4) is 0 Å². The van der Waals surface area contributed by atoms with E-state index in [0.29, 0.717) is 18.8 Å². The third-order valence-corrected chi connectivity index (χ3v) is 2.29. The Kier molecular flexibility index (Phi) is 5.58. The van der Waals surface area contributed by atoms with Gasteiger partial charge in [-0.15, -0.1) is 5.10 Å². The number of aromatic nitrogens is 3. The number of rotatable bonds is 8. The van der Waals surface area contributed by atoms with Crippen LogP contribution in [-0.2, 0) is 22.6 Å². The Morgan fingerprint density at radius 3 is 2.71 bits per heavy atom. The molecule has 0 bridgehead atoms. The summed E-state index contributed by atoms with van der Waals surface area (Å²) in [4.78, 5) is 10.9. The second-order valence-corrected chi connectivity index (χ2v) is 3.55. The van der Waals surface area contributed by atoms with E-state index in [4.69, 9.17) is 14.6 Å². The molecule has 0 aromatic carbocycles. The molecular weight excluding hydrogens is 226 g/mol. The zero-order chi connectivity index (χ0) is 12.7. The summed E-state index contributed by atoms with van der Waals surface area (Å²) in [5.41, 5.74) is 0.455. The van der Waals surface area contributed by atoms with Gasteiger partial charge in [0.05, 0.1) is 12.3 Å². The highest BCUT2D eigenvalue weighted by Crippen LogP contribution is 2.08. The zero-order valence-corrected chi connectivity index (χ0v) is 10.0. The summed E-state index contributed by atoms with van der Waals surface area (Å²) in [6.45, 7) is 1.49. The Balaban J connectivity index is 2.67. The van der Waals surface area contributed by atoms with Gasteiger partial charge in [0.2, 0.25) is 0 Å². The van der Waals surface area contributed by atoms with E-state index in [2.05, 4.69) is 10.3 Å². The molecule has 1 aromatic rings. The fourth-order valence-corrected chi connectivity index (χ4v) is 1.47. The third kappa shape index (κ3) is 3.79. The van der Waals surface area contributed by atoms with Crippen molar-refractivity contribution in [3.05, 3.63) is 11.4 Å². The molecule has 0 unspecified atom stereocenters. The molecule has 17 heavy (non-hydrogen) atoms. The Morgan fingerprint density at radius 2 is 2.12 bits per heavy atom. The van der Waals surface area contributed by atoms with Crippen LogP contribution in [0.1, 0.15) is 29.0 Å². The lowest BCUT2D eigenvalue weighted by Crippen LogP contribution is -2.10. The fourth-order valence-electron chi connectivity index (χ4n) is 1.47. The Labute approximate surface area is 99.3 Å². The molecule has 1 rings (SSSR count). The molecular formula is C10H17N3O4. The number of carboxylic acid groups (broad SMARTS) is 1. The Morgan fingerprint density at radius 1 is 1.35 bits per heavy atom. The van der Waals surface area contributed by atoms with Crippen LogP contribution in [0.15, 0.2) is 0 Å². The molecule has 96 valence electrons. The second kappa shape index (κ2) is 6.97. The van der Waals surface area contributed by atoms with Gasteiger partial charge >= 0.3 is 5.97 Å². The average Bonchev–Trinajstić information content (AvgIpc) is 2.69. The predicted molar refractivity (Wildman–Crippen MR) is 58.8 cm³/mol. The Bertz CT molecular complexity index is 364. The second-order valence-electron chi connectivity index (χ2n) is 3.55. The summed E-state index contributed by atoms with van der Waals surface area (Å²) < 4.78 is 11.5. The quantitative estimate of drug-likeness (QED) is 0.671. The van der Waals surface area contributed by atoms with Crippen LogP contribution in [0, 0.1) is 0 Å². The summed E-state index contributed by atoms with van der Waals surface area (Å²) in [5.74, 6) is -1.08. The van der Waals surface area contributed by atoms with Crippen LogP contribution in [0.25, 0.3) is 0 Å². The van der Waals surface area contributed by atoms with Gasteiger partial charge in [0.25, 0.3) is 0 Å². The first-order valence-corrected chi connectivity index (χ1v) is 5.34.